The van der Waals surface area contributed by atoms with Crippen LogP contribution in [0.15, 0.2) is 41.3 Å². The molecule has 2 aromatic carbocycles. The quantitative estimate of drug-likeness (QED) is 0.650. The molecule has 2 rings (SSSR count). The topological polar surface area (TPSA) is 128 Å². The van der Waals surface area contributed by atoms with Gasteiger partial charge in [0.1, 0.15) is 5.75 Å². The predicted octanol–water partition coefficient (Wildman–Crippen LogP) is 1.49. The molecule has 2 amide bonds. The van der Waals surface area contributed by atoms with Crippen LogP contribution in [0.1, 0.15) is 34.0 Å². The van der Waals surface area contributed by atoms with Crippen LogP contribution in [0.25, 0.3) is 0 Å². The lowest BCUT2D eigenvalue weighted by Gasteiger charge is -2.17. The van der Waals surface area contributed by atoms with Crippen LogP contribution >= 0.6 is 0 Å². The SMILES string of the molecule is Cc1ccc(C(=O)NNC(=O)[C@H](C)Oc2cccc(C)c2C)cc1S(N)(=O)=O. The van der Waals surface area contributed by atoms with Crippen molar-refractivity contribution in [2.24, 2.45) is 5.14 Å². The summed E-state index contributed by atoms with van der Waals surface area (Å²) in [7, 11) is -3.96. The highest BCUT2D eigenvalue weighted by Gasteiger charge is 2.19. The van der Waals surface area contributed by atoms with Gasteiger partial charge < -0.3 is 4.74 Å². The normalized spacial score (nSPS) is 12.2. The van der Waals surface area contributed by atoms with E-state index in [2.05, 4.69) is 10.9 Å². The van der Waals surface area contributed by atoms with E-state index in [1.54, 1.807) is 19.9 Å². The van der Waals surface area contributed by atoms with Gasteiger partial charge >= 0.3 is 0 Å². The number of rotatable bonds is 5. The summed E-state index contributed by atoms with van der Waals surface area (Å²) in [5.41, 5.74) is 6.90. The van der Waals surface area contributed by atoms with Gasteiger partial charge in [-0.2, -0.15) is 0 Å². The summed E-state index contributed by atoms with van der Waals surface area (Å²) in [6.45, 7) is 6.94. The van der Waals surface area contributed by atoms with Crippen molar-refractivity contribution in [1.82, 2.24) is 10.9 Å². The van der Waals surface area contributed by atoms with E-state index in [1.807, 2.05) is 26.0 Å². The van der Waals surface area contributed by atoms with E-state index in [0.29, 0.717) is 11.3 Å². The molecule has 0 saturated heterocycles. The first kappa shape index (κ1) is 21.4. The van der Waals surface area contributed by atoms with Crippen molar-refractivity contribution in [3.05, 3.63) is 58.7 Å². The Balaban J connectivity index is 2.02. The average molecular weight is 405 g/mol. The molecule has 0 radical (unpaired) electrons. The van der Waals surface area contributed by atoms with Crippen molar-refractivity contribution in [3.63, 3.8) is 0 Å². The van der Waals surface area contributed by atoms with Gasteiger partial charge in [-0.15, -0.1) is 0 Å². The summed E-state index contributed by atoms with van der Waals surface area (Å²) in [4.78, 5) is 24.3. The number of amides is 2. The zero-order chi connectivity index (χ0) is 21.1. The second-order valence-electron chi connectivity index (χ2n) is 6.43. The Morgan fingerprint density at radius 1 is 1.04 bits per heavy atom. The largest absolute Gasteiger partial charge is 0.481 e. The third-order valence-corrected chi connectivity index (χ3v) is 5.34. The van der Waals surface area contributed by atoms with Gasteiger partial charge in [0.25, 0.3) is 11.8 Å². The summed E-state index contributed by atoms with van der Waals surface area (Å²) < 4.78 is 28.8. The van der Waals surface area contributed by atoms with Gasteiger partial charge in [0.15, 0.2) is 6.10 Å². The highest BCUT2D eigenvalue weighted by Crippen LogP contribution is 2.21. The summed E-state index contributed by atoms with van der Waals surface area (Å²) in [6.07, 6.45) is -0.862. The van der Waals surface area contributed by atoms with Gasteiger partial charge in [-0.1, -0.05) is 18.2 Å². The fourth-order valence-corrected chi connectivity index (χ4v) is 3.24. The summed E-state index contributed by atoms with van der Waals surface area (Å²) in [5.74, 6) is -0.671. The molecule has 0 fully saturated rings. The Hall–Kier alpha value is -2.91. The van der Waals surface area contributed by atoms with E-state index < -0.39 is 27.9 Å². The number of ether oxygens (including phenoxy) is 1. The first-order valence-electron chi connectivity index (χ1n) is 8.47. The molecule has 9 heteroatoms. The molecule has 0 aliphatic heterocycles. The van der Waals surface area contributed by atoms with Crippen LogP contribution in [-0.2, 0) is 14.8 Å². The molecule has 1 atom stereocenters. The molecule has 0 aromatic heterocycles. The first-order chi connectivity index (χ1) is 13.0. The number of nitrogens with two attached hydrogens (primary N) is 1. The average Bonchev–Trinajstić information content (AvgIpc) is 2.62. The van der Waals surface area contributed by atoms with Gasteiger partial charge in [-0.05, 0) is 62.6 Å². The molecule has 4 N–H and O–H groups in total. The zero-order valence-corrected chi connectivity index (χ0v) is 16.9. The Morgan fingerprint density at radius 3 is 2.36 bits per heavy atom. The van der Waals surface area contributed by atoms with Crippen LogP contribution in [0.5, 0.6) is 5.75 Å². The maximum atomic E-state index is 12.2. The van der Waals surface area contributed by atoms with Crippen LogP contribution < -0.4 is 20.7 Å². The van der Waals surface area contributed by atoms with Crippen molar-refractivity contribution in [3.8, 4) is 5.75 Å². The van der Waals surface area contributed by atoms with Crippen molar-refractivity contribution >= 4 is 21.8 Å². The number of hydrazine groups is 1. The van der Waals surface area contributed by atoms with Crippen LogP contribution in [0.3, 0.4) is 0 Å². The van der Waals surface area contributed by atoms with E-state index in [-0.39, 0.29) is 10.5 Å². The van der Waals surface area contributed by atoms with Gasteiger partial charge in [-0.3, -0.25) is 20.4 Å². The lowest BCUT2D eigenvalue weighted by Crippen LogP contribution is -2.47. The van der Waals surface area contributed by atoms with Gasteiger partial charge in [-0.25, -0.2) is 13.6 Å². The minimum atomic E-state index is -3.96. The van der Waals surface area contributed by atoms with Gasteiger partial charge in [0, 0.05) is 5.56 Å². The number of hydrogen-bond acceptors (Lipinski definition) is 5. The zero-order valence-electron chi connectivity index (χ0n) is 16.1. The molecule has 0 spiro atoms. The number of carbonyl (C=O) groups is 2. The Bertz CT molecular complexity index is 1020. The summed E-state index contributed by atoms with van der Waals surface area (Å²) in [5, 5.41) is 5.14. The Morgan fingerprint density at radius 2 is 1.71 bits per heavy atom. The molecule has 150 valence electrons. The van der Waals surface area contributed by atoms with Crippen molar-refractivity contribution < 1.29 is 22.7 Å². The summed E-state index contributed by atoms with van der Waals surface area (Å²) >= 11 is 0. The predicted molar refractivity (Wildman–Crippen MR) is 104 cm³/mol. The smallest absolute Gasteiger partial charge is 0.279 e. The molecule has 0 saturated carbocycles. The lowest BCUT2D eigenvalue weighted by molar-refractivity contribution is -0.128. The molecule has 8 nitrogen and oxygen atoms in total. The second kappa shape index (κ2) is 8.41. The van der Waals surface area contributed by atoms with E-state index >= 15 is 0 Å². The number of carbonyl (C=O) groups excluding carboxylic acids is 2. The number of aryl methyl sites for hydroxylation is 2. The number of sulfonamides is 1. The molecule has 0 aliphatic rings. The van der Waals surface area contributed by atoms with Crippen LogP contribution in [0.2, 0.25) is 0 Å². The molecule has 0 bridgehead atoms. The van der Waals surface area contributed by atoms with Gasteiger partial charge in [0.05, 0.1) is 4.90 Å². The van der Waals surface area contributed by atoms with Crippen molar-refractivity contribution in [2.45, 2.75) is 38.7 Å². The fraction of sp³-hybridized carbons (Fsp3) is 0.263. The van der Waals surface area contributed by atoms with E-state index in [4.69, 9.17) is 9.88 Å². The highest BCUT2D eigenvalue weighted by molar-refractivity contribution is 7.89. The molecule has 0 heterocycles. The van der Waals surface area contributed by atoms with E-state index in [0.717, 1.165) is 17.2 Å². The Labute approximate surface area is 164 Å². The third kappa shape index (κ3) is 5.08. The Kier molecular flexibility index (Phi) is 6.42. The van der Waals surface area contributed by atoms with E-state index in [9.17, 15) is 18.0 Å². The number of primary sulfonamides is 1. The van der Waals surface area contributed by atoms with Crippen LogP contribution in [-0.4, -0.2) is 26.3 Å². The number of benzene rings is 2. The number of hydrogen-bond donors (Lipinski definition) is 3. The summed E-state index contributed by atoms with van der Waals surface area (Å²) in [6, 6.07) is 9.56. The maximum absolute atomic E-state index is 12.2. The molecular formula is C19H23N3O5S. The minimum Gasteiger partial charge on any atom is -0.481 e. The number of nitrogens with one attached hydrogen (secondary N) is 2. The van der Waals surface area contributed by atoms with Crippen LogP contribution in [0.4, 0.5) is 0 Å². The van der Waals surface area contributed by atoms with Crippen molar-refractivity contribution in [2.75, 3.05) is 0 Å². The first-order valence-corrected chi connectivity index (χ1v) is 10.0. The lowest BCUT2D eigenvalue weighted by atomic mass is 10.1. The molecule has 0 aliphatic carbocycles. The standard InChI is InChI=1S/C19H23N3O5S/c1-11-6-5-7-16(13(11)3)27-14(4)18(23)21-22-19(24)15-9-8-12(2)17(10-15)28(20,25)26/h5-10,14H,1-4H3,(H,21,23)(H,22,24)(H2,20,25,26)/t14-/m0/s1. The monoisotopic (exact) mass is 405 g/mol. The molecule has 2 aromatic rings. The van der Waals surface area contributed by atoms with Crippen molar-refractivity contribution in [1.29, 1.82) is 0 Å². The molecule has 0 unspecified atom stereocenters. The van der Waals surface area contributed by atoms with E-state index in [1.165, 1.54) is 12.1 Å². The van der Waals surface area contributed by atoms with Gasteiger partial charge in [0.2, 0.25) is 10.0 Å². The highest BCUT2D eigenvalue weighted by atomic mass is 32.2. The maximum Gasteiger partial charge on any atom is 0.279 e. The van der Waals surface area contributed by atoms with Crippen LogP contribution in [0, 0.1) is 20.8 Å². The third-order valence-electron chi connectivity index (χ3n) is 4.28. The fourth-order valence-electron chi connectivity index (χ4n) is 2.44. The molecule has 28 heavy (non-hydrogen) atoms. The molecular weight excluding hydrogens is 382 g/mol. The second-order valence-corrected chi connectivity index (χ2v) is 7.96. The minimum absolute atomic E-state index is 0.0398.